The summed E-state index contributed by atoms with van der Waals surface area (Å²) in [7, 11) is 3.01. The van der Waals surface area contributed by atoms with E-state index >= 15 is 0 Å². The highest BCUT2D eigenvalue weighted by atomic mass is 35.5. The number of aliphatic hydroxyl groups excluding tert-OH is 1. The van der Waals surface area contributed by atoms with Gasteiger partial charge in [0.05, 0.1) is 31.7 Å². The van der Waals surface area contributed by atoms with Gasteiger partial charge in [0.15, 0.2) is 11.5 Å². The van der Waals surface area contributed by atoms with Gasteiger partial charge in [-0.3, -0.25) is 24.5 Å². The summed E-state index contributed by atoms with van der Waals surface area (Å²) in [5, 5.41) is 27.6. The fraction of sp³-hybridized carbons (Fsp3) is 0.462. The van der Waals surface area contributed by atoms with Crippen LogP contribution < -0.4 is 20.3 Å². The topological polar surface area (TPSA) is 193 Å². The van der Waals surface area contributed by atoms with E-state index in [-0.39, 0.29) is 36.6 Å². The maximum Gasteiger partial charge on any atom is 0.409 e. The van der Waals surface area contributed by atoms with Gasteiger partial charge in [0.1, 0.15) is 34.7 Å². The molecule has 2 fully saturated rings. The number of hydrogen-bond donors (Lipinski definition) is 4. The lowest BCUT2D eigenvalue weighted by molar-refractivity contribution is -0.153. The first-order chi connectivity index (χ1) is 25.4. The molecule has 3 heterocycles. The minimum Gasteiger partial charge on any atom is -0.495 e. The Kier molecular flexibility index (Phi) is 12.2. The standard InChI is InChI=1S/C39H46ClN3O11/c1-21-8-7-9-30(45)39(50)20-29(52-37(49)42-39)22(2)35-38(4,54-35)31(19-32(46)43(5)27-17-24(16-21)18-28(51-6)34(27)40)53-33(47)14-15-41-36(48)26-12-10-25(11-13-26)23(3)44/h7-13,17-18,22,29-31,35,45,50H,14-16,19-20H2,1-6H3,(H,41,48)(H,42,49)/b9-7+,21-8+/t22?,29-,30+,31-,35?,38?,39-/m0/s1. The van der Waals surface area contributed by atoms with Crippen LogP contribution in [0.4, 0.5) is 10.5 Å². The Bertz CT molecular complexity index is 1860. The molecular formula is C39H46ClN3O11. The van der Waals surface area contributed by atoms with Crippen LogP contribution in [0.5, 0.6) is 5.75 Å². The van der Waals surface area contributed by atoms with E-state index in [0.717, 1.165) is 11.1 Å². The number of alkyl carbamates (subject to hydrolysis) is 1. The van der Waals surface area contributed by atoms with Crippen molar-refractivity contribution in [3.8, 4) is 5.75 Å². The first-order valence-corrected chi connectivity index (χ1v) is 18.0. The van der Waals surface area contributed by atoms with Crippen LogP contribution in [0.15, 0.2) is 60.2 Å². The molecule has 7 atom stereocenters. The molecule has 0 saturated carbocycles. The van der Waals surface area contributed by atoms with Crippen LogP contribution in [0, 0.1) is 5.92 Å². The summed E-state index contributed by atoms with van der Waals surface area (Å²) in [6.45, 7) is 6.61. The number of halogens is 1. The highest BCUT2D eigenvalue weighted by Gasteiger charge is 2.64. The summed E-state index contributed by atoms with van der Waals surface area (Å²) in [5.74, 6) is -2.02. The number of methoxy groups -OCH3 is 1. The number of ether oxygens (including phenoxy) is 4. The molecule has 5 rings (SSSR count). The van der Waals surface area contributed by atoms with E-state index in [1.807, 2.05) is 6.92 Å². The maximum atomic E-state index is 14.0. The Morgan fingerprint density at radius 1 is 1.15 bits per heavy atom. The third kappa shape index (κ3) is 8.95. The Balaban J connectivity index is 1.42. The second kappa shape index (κ2) is 16.3. The number of carbonyl (C=O) groups is 5. The molecule has 0 spiro atoms. The number of aliphatic hydroxyl groups is 2. The SMILES string of the molecule is COc1cc2cc(c1Cl)N(C)C(=O)C[C@H](OC(=O)CCNC(=O)c1ccc(C(C)=O)cc1)C1(C)OC1C(C)[C@@H]1C[C@@](O)(NC(=O)O1)[C@H](O)/C=C/C=C(\C)C2. The van der Waals surface area contributed by atoms with Crippen LogP contribution in [0.25, 0.3) is 0 Å². The molecule has 0 aromatic heterocycles. The predicted molar refractivity (Wildman–Crippen MR) is 197 cm³/mol. The van der Waals surface area contributed by atoms with Crippen molar-refractivity contribution < 1.29 is 53.1 Å². The summed E-state index contributed by atoms with van der Waals surface area (Å²) in [4.78, 5) is 65.6. The second-order valence-corrected chi connectivity index (χ2v) is 14.6. The monoisotopic (exact) mass is 767 g/mol. The van der Waals surface area contributed by atoms with E-state index in [4.69, 9.17) is 30.5 Å². The second-order valence-electron chi connectivity index (χ2n) is 14.2. The molecule has 3 aliphatic rings. The molecule has 290 valence electrons. The van der Waals surface area contributed by atoms with Crippen LogP contribution in [0.2, 0.25) is 5.02 Å². The number of nitrogens with one attached hydrogen (secondary N) is 2. The Morgan fingerprint density at radius 2 is 1.83 bits per heavy atom. The minimum atomic E-state index is -2.07. The zero-order valence-corrected chi connectivity index (χ0v) is 31.8. The van der Waals surface area contributed by atoms with Crippen LogP contribution in [-0.2, 0) is 30.2 Å². The highest BCUT2D eigenvalue weighted by Crippen LogP contribution is 2.49. The van der Waals surface area contributed by atoms with Crippen molar-refractivity contribution in [3.05, 3.63) is 81.9 Å². The van der Waals surface area contributed by atoms with Gasteiger partial charge in [-0.05, 0) is 57.0 Å². The lowest BCUT2D eigenvalue weighted by atomic mass is 9.83. The van der Waals surface area contributed by atoms with Crippen molar-refractivity contribution in [2.75, 3.05) is 25.6 Å². The smallest absolute Gasteiger partial charge is 0.409 e. The van der Waals surface area contributed by atoms with Crippen molar-refractivity contribution in [1.29, 1.82) is 0 Å². The average Bonchev–Trinajstić information content (AvgIpc) is 3.82. The highest BCUT2D eigenvalue weighted by molar-refractivity contribution is 6.35. The number of benzene rings is 2. The fourth-order valence-electron chi connectivity index (χ4n) is 6.80. The molecule has 3 amide bonds. The number of fused-ring (bicyclic) bond motifs is 5. The van der Waals surface area contributed by atoms with Gasteiger partial charge >= 0.3 is 12.1 Å². The van der Waals surface area contributed by atoms with Crippen LogP contribution >= 0.6 is 11.6 Å². The number of ketones is 1. The van der Waals surface area contributed by atoms with Gasteiger partial charge in [-0.15, -0.1) is 0 Å². The maximum absolute atomic E-state index is 14.0. The van der Waals surface area contributed by atoms with E-state index in [9.17, 15) is 34.2 Å². The van der Waals surface area contributed by atoms with Gasteiger partial charge in [0.25, 0.3) is 5.91 Å². The van der Waals surface area contributed by atoms with E-state index in [2.05, 4.69) is 10.6 Å². The molecule has 4 N–H and O–H groups in total. The van der Waals surface area contributed by atoms with E-state index in [1.54, 1.807) is 45.2 Å². The Hall–Kier alpha value is -4.76. The van der Waals surface area contributed by atoms with Gasteiger partial charge in [-0.25, -0.2) is 4.79 Å². The summed E-state index contributed by atoms with van der Waals surface area (Å²) in [5.41, 5.74) is -0.572. The van der Waals surface area contributed by atoms with Crippen molar-refractivity contribution in [2.24, 2.45) is 5.92 Å². The molecule has 0 aliphatic carbocycles. The molecule has 3 aliphatic heterocycles. The molecule has 2 aromatic rings. The fourth-order valence-corrected chi connectivity index (χ4v) is 7.11. The number of amides is 3. The number of rotatable bonds is 7. The summed E-state index contributed by atoms with van der Waals surface area (Å²) in [6.07, 6.45) is -0.897. The van der Waals surface area contributed by atoms with E-state index < -0.39 is 65.5 Å². The quantitative estimate of drug-likeness (QED) is 0.181. The molecule has 4 bridgehead atoms. The molecule has 2 aromatic carbocycles. The normalized spacial score (nSPS) is 30.1. The number of epoxide rings is 1. The van der Waals surface area contributed by atoms with Gasteiger partial charge in [-0.1, -0.05) is 54.5 Å². The van der Waals surface area contributed by atoms with E-state index in [1.165, 1.54) is 49.3 Å². The number of nitrogens with zero attached hydrogens (tertiary/aromatic N) is 1. The van der Waals surface area contributed by atoms with Crippen molar-refractivity contribution in [2.45, 2.75) is 89.1 Å². The number of carbonyl (C=O) groups excluding carboxylic acids is 5. The largest absolute Gasteiger partial charge is 0.495 e. The van der Waals surface area contributed by atoms with Gasteiger partial charge < -0.3 is 39.4 Å². The minimum absolute atomic E-state index is 0.0828. The number of Topliss-reactive ketones (excluding diaryl/α,β-unsaturated/α-hetero) is 1. The van der Waals surface area contributed by atoms with Crippen LogP contribution in [0.3, 0.4) is 0 Å². The summed E-state index contributed by atoms with van der Waals surface area (Å²) < 4.78 is 23.2. The van der Waals surface area contributed by atoms with Gasteiger partial charge in [0, 0.05) is 37.1 Å². The lowest BCUT2D eigenvalue weighted by Crippen LogP contribution is -2.63. The Labute approximate surface area is 318 Å². The Morgan fingerprint density at radius 3 is 2.50 bits per heavy atom. The predicted octanol–water partition coefficient (Wildman–Crippen LogP) is 4.04. The van der Waals surface area contributed by atoms with Crippen LogP contribution in [-0.4, -0.2) is 96.3 Å². The van der Waals surface area contributed by atoms with Crippen molar-refractivity contribution in [1.82, 2.24) is 10.6 Å². The van der Waals surface area contributed by atoms with Gasteiger partial charge in [-0.2, -0.15) is 0 Å². The third-order valence-corrected chi connectivity index (χ3v) is 10.5. The number of anilines is 1. The lowest BCUT2D eigenvalue weighted by Gasteiger charge is -2.41. The van der Waals surface area contributed by atoms with E-state index in [0.29, 0.717) is 29.0 Å². The molecule has 2 saturated heterocycles. The third-order valence-electron chi connectivity index (χ3n) is 10.2. The first-order valence-electron chi connectivity index (χ1n) is 17.6. The summed E-state index contributed by atoms with van der Waals surface area (Å²) >= 11 is 6.71. The number of hydrogen-bond acceptors (Lipinski definition) is 11. The zero-order valence-electron chi connectivity index (χ0n) is 31.0. The van der Waals surface area contributed by atoms with Crippen molar-refractivity contribution >= 4 is 46.9 Å². The molecule has 14 nitrogen and oxygen atoms in total. The summed E-state index contributed by atoms with van der Waals surface area (Å²) in [6, 6.07) is 9.60. The average molecular weight is 768 g/mol. The van der Waals surface area contributed by atoms with Gasteiger partial charge in [0.2, 0.25) is 5.91 Å². The molecule has 54 heavy (non-hydrogen) atoms. The molecule has 0 radical (unpaired) electrons. The first kappa shape index (κ1) is 40.4. The number of esters is 1. The van der Waals surface area contributed by atoms with Crippen molar-refractivity contribution in [3.63, 3.8) is 0 Å². The van der Waals surface area contributed by atoms with Crippen LogP contribution in [0.1, 0.15) is 73.2 Å². The number of allylic oxidation sites excluding steroid dienone is 3. The molecule has 3 unspecified atom stereocenters. The molecular weight excluding hydrogens is 722 g/mol. The zero-order chi connectivity index (χ0) is 39.5. The molecule has 15 heteroatoms.